The summed E-state index contributed by atoms with van der Waals surface area (Å²) in [5.41, 5.74) is 0.551. The van der Waals surface area contributed by atoms with E-state index in [0.717, 1.165) is 6.42 Å². The van der Waals surface area contributed by atoms with Gasteiger partial charge in [-0.05, 0) is 12.8 Å². The van der Waals surface area contributed by atoms with Gasteiger partial charge in [0.15, 0.2) is 0 Å². The molecule has 0 aromatic heterocycles. The third-order valence-corrected chi connectivity index (χ3v) is 1.99. The molecule has 1 aliphatic heterocycles. The number of aliphatic carboxylic acids is 1. The van der Waals surface area contributed by atoms with Crippen LogP contribution >= 0.6 is 0 Å². The van der Waals surface area contributed by atoms with Gasteiger partial charge in [-0.25, -0.2) is 4.79 Å². The highest BCUT2D eigenvalue weighted by atomic mass is 16.4. The van der Waals surface area contributed by atoms with Crippen LogP contribution in [0.3, 0.4) is 0 Å². The van der Waals surface area contributed by atoms with E-state index in [0.29, 0.717) is 24.6 Å². The van der Waals surface area contributed by atoms with Crippen LogP contribution in [-0.2, 0) is 4.79 Å². The molecule has 1 atom stereocenters. The van der Waals surface area contributed by atoms with Gasteiger partial charge in [-0.3, -0.25) is 0 Å². The average molecular weight is 155 g/mol. The second kappa shape index (κ2) is 3.53. The average Bonchev–Trinajstić information content (AvgIpc) is 2.05. The Labute approximate surface area is 66.1 Å². The lowest BCUT2D eigenvalue weighted by Gasteiger charge is -2.20. The van der Waals surface area contributed by atoms with E-state index < -0.39 is 5.97 Å². The third-order valence-electron chi connectivity index (χ3n) is 1.99. The van der Waals surface area contributed by atoms with Gasteiger partial charge in [0, 0.05) is 18.2 Å². The molecule has 0 fully saturated rings. The summed E-state index contributed by atoms with van der Waals surface area (Å²) in [4.78, 5) is 10.5. The molecular formula is C8H13NO2. The summed E-state index contributed by atoms with van der Waals surface area (Å²) in [6, 6.07) is 0.353. The number of carbonyl (C=O) groups is 1. The molecule has 62 valence electrons. The van der Waals surface area contributed by atoms with Gasteiger partial charge in [-0.1, -0.05) is 13.0 Å². The zero-order valence-electron chi connectivity index (χ0n) is 6.63. The maximum absolute atomic E-state index is 10.5. The molecule has 2 N–H and O–H groups in total. The van der Waals surface area contributed by atoms with Gasteiger partial charge in [0.05, 0.1) is 0 Å². The minimum atomic E-state index is -0.773. The van der Waals surface area contributed by atoms with Gasteiger partial charge in [0.1, 0.15) is 0 Å². The molecule has 0 amide bonds. The Bertz CT molecular complexity index is 187. The van der Waals surface area contributed by atoms with Gasteiger partial charge in [0.25, 0.3) is 0 Å². The molecule has 0 aromatic rings. The van der Waals surface area contributed by atoms with E-state index in [2.05, 4.69) is 12.2 Å². The summed E-state index contributed by atoms with van der Waals surface area (Å²) >= 11 is 0. The van der Waals surface area contributed by atoms with Crippen LogP contribution in [0.25, 0.3) is 0 Å². The normalized spacial score (nSPS) is 24.5. The van der Waals surface area contributed by atoms with Crippen molar-refractivity contribution in [1.29, 1.82) is 0 Å². The molecule has 1 heterocycles. The molecule has 0 spiro atoms. The smallest absolute Gasteiger partial charge is 0.331 e. The second-order valence-corrected chi connectivity index (χ2v) is 2.75. The molecule has 1 aliphatic rings. The van der Waals surface area contributed by atoms with Crippen LogP contribution in [0.1, 0.15) is 19.8 Å². The van der Waals surface area contributed by atoms with E-state index in [1.54, 1.807) is 6.08 Å². The van der Waals surface area contributed by atoms with Crippen molar-refractivity contribution in [2.45, 2.75) is 25.8 Å². The molecule has 0 bridgehead atoms. The lowest BCUT2D eigenvalue weighted by atomic mass is 10.0. The maximum atomic E-state index is 10.5. The summed E-state index contributed by atoms with van der Waals surface area (Å²) in [7, 11) is 0. The van der Waals surface area contributed by atoms with Crippen molar-refractivity contribution in [2.24, 2.45) is 0 Å². The standard InChI is InChI=1S/C8H13NO2/c1-2-7-5-6(8(10)11)3-4-9-7/h3,7,9H,2,4-5H2,1H3,(H,10,11). The highest BCUT2D eigenvalue weighted by molar-refractivity contribution is 5.86. The lowest BCUT2D eigenvalue weighted by Crippen LogP contribution is -2.33. The van der Waals surface area contributed by atoms with E-state index >= 15 is 0 Å². The number of nitrogens with one attached hydrogen (secondary N) is 1. The quantitative estimate of drug-likeness (QED) is 0.619. The molecule has 0 radical (unpaired) electrons. The fraction of sp³-hybridized carbons (Fsp3) is 0.625. The monoisotopic (exact) mass is 155 g/mol. The van der Waals surface area contributed by atoms with Crippen LogP contribution in [0.15, 0.2) is 11.6 Å². The van der Waals surface area contributed by atoms with E-state index in [1.165, 1.54) is 0 Å². The molecule has 0 aromatic carbocycles. The van der Waals surface area contributed by atoms with E-state index in [1.807, 2.05) is 0 Å². The summed E-state index contributed by atoms with van der Waals surface area (Å²) in [6.07, 6.45) is 3.39. The summed E-state index contributed by atoms with van der Waals surface area (Å²) in [5.74, 6) is -0.773. The van der Waals surface area contributed by atoms with E-state index in [9.17, 15) is 4.79 Å². The molecule has 0 saturated heterocycles. The molecule has 1 rings (SSSR count). The van der Waals surface area contributed by atoms with Crippen LogP contribution in [0.5, 0.6) is 0 Å². The molecule has 3 heteroatoms. The van der Waals surface area contributed by atoms with Gasteiger partial charge in [-0.2, -0.15) is 0 Å². The first kappa shape index (κ1) is 8.27. The van der Waals surface area contributed by atoms with Gasteiger partial charge >= 0.3 is 5.97 Å². The second-order valence-electron chi connectivity index (χ2n) is 2.75. The Morgan fingerprint density at radius 3 is 3.18 bits per heavy atom. The fourth-order valence-electron chi connectivity index (χ4n) is 1.23. The molecular weight excluding hydrogens is 142 g/mol. The summed E-state index contributed by atoms with van der Waals surface area (Å²) < 4.78 is 0. The third kappa shape index (κ3) is 2.05. The van der Waals surface area contributed by atoms with Crippen molar-refractivity contribution in [1.82, 2.24) is 5.32 Å². The Kier molecular flexibility index (Phi) is 2.65. The van der Waals surface area contributed by atoms with Gasteiger partial charge in [-0.15, -0.1) is 0 Å². The first-order valence-corrected chi connectivity index (χ1v) is 3.89. The lowest BCUT2D eigenvalue weighted by molar-refractivity contribution is -0.133. The summed E-state index contributed by atoms with van der Waals surface area (Å²) in [5, 5.41) is 11.9. The van der Waals surface area contributed by atoms with Crippen LogP contribution in [-0.4, -0.2) is 23.7 Å². The van der Waals surface area contributed by atoms with E-state index in [-0.39, 0.29) is 0 Å². The molecule has 11 heavy (non-hydrogen) atoms. The predicted molar refractivity (Wildman–Crippen MR) is 42.4 cm³/mol. The van der Waals surface area contributed by atoms with Crippen molar-refractivity contribution in [3.8, 4) is 0 Å². The first-order valence-electron chi connectivity index (χ1n) is 3.89. The highest BCUT2D eigenvalue weighted by Crippen LogP contribution is 2.12. The Morgan fingerprint density at radius 1 is 1.91 bits per heavy atom. The van der Waals surface area contributed by atoms with Crippen molar-refractivity contribution in [3.05, 3.63) is 11.6 Å². The first-order chi connectivity index (χ1) is 5.24. The topological polar surface area (TPSA) is 49.3 Å². The molecule has 0 saturated carbocycles. The highest BCUT2D eigenvalue weighted by Gasteiger charge is 2.16. The van der Waals surface area contributed by atoms with Crippen molar-refractivity contribution in [2.75, 3.05) is 6.54 Å². The van der Waals surface area contributed by atoms with Gasteiger partial charge < -0.3 is 10.4 Å². The number of carboxylic acids is 1. The molecule has 3 nitrogen and oxygen atoms in total. The zero-order valence-corrected chi connectivity index (χ0v) is 6.63. The van der Waals surface area contributed by atoms with Gasteiger partial charge in [0.2, 0.25) is 0 Å². The van der Waals surface area contributed by atoms with Crippen LogP contribution in [0.2, 0.25) is 0 Å². The minimum absolute atomic E-state index is 0.353. The Balaban J connectivity index is 2.55. The van der Waals surface area contributed by atoms with Crippen molar-refractivity contribution < 1.29 is 9.90 Å². The number of hydrogen-bond donors (Lipinski definition) is 2. The summed E-state index contributed by atoms with van der Waals surface area (Å²) in [6.45, 7) is 2.75. The number of rotatable bonds is 2. The van der Waals surface area contributed by atoms with Crippen molar-refractivity contribution in [3.63, 3.8) is 0 Å². The maximum Gasteiger partial charge on any atom is 0.331 e. The Hall–Kier alpha value is -0.830. The van der Waals surface area contributed by atoms with Crippen LogP contribution < -0.4 is 5.32 Å². The van der Waals surface area contributed by atoms with E-state index in [4.69, 9.17) is 5.11 Å². The largest absolute Gasteiger partial charge is 0.478 e. The Morgan fingerprint density at radius 2 is 2.64 bits per heavy atom. The SMILES string of the molecule is CCC1CC(C(=O)O)=CCN1. The van der Waals surface area contributed by atoms with Crippen molar-refractivity contribution >= 4 is 5.97 Å². The van der Waals surface area contributed by atoms with Crippen LogP contribution in [0, 0.1) is 0 Å². The predicted octanol–water partition coefficient (Wildman–Crippen LogP) is 0.769. The zero-order chi connectivity index (χ0) is 8.27. The number of hydrogen-bond acceptors (Lipinski definition) is 2. The fourth-order valence-corrected chi connectivity index (χ4v) is 1.23. The molecule has 1 unspecified atom stereocenters. The molecule has 0 aliphatic carbocycles. The van der Waals surface area contributed by atoms with Crippen LogP contribution in [0.4, 0.5) is 0 Å². The minimum Gasteiger partial charge on any atom is -0.478 e. The number of carboxylic acid groups (broad SMARTS) is 1.